The van der Waals surface area contributed by atoms with E-state index in [2.05, 4.69) is 29.6 Å². The zero-order valence-electron chi connectivity index (χ0n) is 15.4. The first-order valence-electron chi connectivity index (χ1n) is 9.42. The number of fused-ring (bicyclic) bond motifs is 1. The van der Waals surface area contributed by atoms with Gasteiger partial charge in [0.05, 0.1) is 17.9 Å². The third kappa shape index (κ3) is 3.64. The summed E-state index contributed by atoms with van der Waals surface area (Å²) in [7, 11) is 0. The highest BCUT2D eigenvalue weighted by atomic mass is 32.2. The highest BCUT2D eigenvalue weighted by Gasteiger charge is 2.44. The summed E-state index contributed by atoms with van der Waals surface area (Å²) in [5, 5.41) is 12.4. The van der Waals surface area contributed by atoms with Crippen LogP contribution in [0.2, 0.25) is 0 Å². The Kier molecular flexibility index (Phi) is 5.63. The van der Waals surface area contributed by atoms with Gasteiger partial charge in [-0.05, 0) is 24.0 Å². The molecule has 0 spiro atoms. The number of thiocarbonyl (C=S) groups is 1. The van der Waals surface area contributed by atoms with Crippen LogP contribution in [-0.2, 0) is 16.0 Å². The Balaban J connectivity index is 1.40. The number of thioether (sulfide) groups is 1. The van der Waals surface area contributed by atoms with Crippen LogP contribution >= 0.6 is 24.0 Å². The number of Topliss-reactive ketones (excluding diaryl/α,β-unsaturated/α-hetero) is 1. The number of amides is 1. The zero-order chi connectivity index (χ0) is 19.7. The van der Waals surface area contributed by atoms with E-state index in [4.69, 9.17) is 12.2 Å². The Morgan fingerprint density at radius 3 is 2.96 bits per heavy atom. The molecule has 0 bridgehead atoms. The Morgan fingerprint density at radius 2 is 2.18 bits per heavy atom. The third-order valence-corrected chi connectivity index (χ3v) is 7.04. The van der Waals surface area contributed by atoms with E-state index in [0.717, 1.165) is 6.42 Å². The predicted octanol–water partition coefficient (Wildman–Crippen LogP) is 2.36. The van der Waals surface area contributed by atoms with Crippen molar-refractivity contribution in [1.82, 2.24) is 10.2 Å². The largest absolute Gasteiger partial charge is 0.315 e. The lowest BCUT2D eigenvalue weighted by Gasteiger charge is -2.25. The van der Waals surface area contributed by atoms with Crippen molar-refractivity contribution in [2.24, 2.45) is 5.92 Å². The maximum absolute atomic E-state index is 13.0. The summed E-state index contributed by atoms with van der Waals surface area (Å²) >= 11 is 6.98. The number of allylic oxidation sites excluding steroid dienone is 1. The summed E-state index contributed by atoms with van der Waals surface area (Å²) in [5.41, 5.74) is 3.77. The molecule has 2 heterocycles. The highest BCUT2D eigenvalue weighted by Crippen LogP contribution is 2.29. The van der Waals surface area contributed by atoms with Gasteiger partial charge in [-0.25, -0.2) is 0 Å². The van der Waals surface area contributed by atoms with Crippen LogP contribution in [0, 0.1) is 17.2 Å². The van der Waals surface area contributed by atoms with Gasteiger partial charge >= 0.3 is 0 Å². The SMILES string of the molecule is N#C[C@@H]1CSCN1C(=O)[C@H]1NCC(=S)C1C(=O)CCC1=Cc2ccccc2C1. The monoisotopic (exact) mass is 411 g/mol. The number of ketones is 1. The van der Waals surface area contributed by atoms with Gasteiger partial charge < -0.3 is 10.2 Å². The van der Waals surface area contributed by atoms with E-state index < -0.39 is 18.0 Å². The molecule has 0 aromatic heterocycles. The fourth-order valence-corrected chi connectivity index (χ4v) is 5.55. The van der Waals surface area contributed by atoms with Crippen LogP contribution in [0.5, 0.6) is 0 Å². The normalized spacial score (nSPS) is 26.1. The molecule has 2 aliphatic heterocycles. The lowest BCUT2D eigenvalue weighted by molar-refractivity contribution is -0.136. The van der Waals surface area contributed by atoms with Crippen LogP contribution in [-0.4, -0.2) is 51.7 Å². The molecule has 1 N–H and O–H groups in total. The molecule has 28 heavy (non-hydrogen) atoms. The topological polar surface area (TPSA) is 73.2 Å². The number of nitrogens with zero attached hydrogens (tertiary/aromatic N) is 2. The molecule has 5 nitrogen and oxygen atoms in total. The van der Waals surface area contributed by atoms with Gasteiger partial charge in [0.15, 0.2) is 0 Å². The summed E-state index contributed by atoms with van der Waals surface area (Å²) in [6.45, 7) is 0.397. The lowest BCUT2D eigenvalue weighted by atomic mass is 9.90. The standard InChI is InChI=1S/C21H21N3O2S2/c22-9-16-11-28-12-24(16)21(26)20-19(18(27)10-23-20)17(25)6-5-13-7-14-3-1-2-4-15(14)8-13/h1-4,7,16,19-20,23H,5-6,8,10-12H2/t16-,19?,20+/m1/s1. The number of hydrogen-bond donors (Lipinski definition) is 1. The van der Waals surface area contributed by atoms with Crippen LogP contribution in [0.25, 0.3) is 6.08 Å². The van der Waals surface area contributed by atoms with Gasteiger partial charge in [-0.2, -0.15) is 5.26 Å². The zero-order valence-corrected chi connectivity index (χ0v) is 17.0. The van der Waals surface area contributed by atoms with Crippen LogP contribution < -0.4 is 5.32 Å². The minimum absolute atomic E-state index is 0.0190. The quantitative estimate of drug-likeness (QED) is 0.750. The number of rotatable bonds is 5. The van der Waals surface area contributed by atoms with E-state index >= 15 is 0 Å². The molecular weight excluding hydrogens is 390 g/mol. The Bertz CT molecular complexity index is 905. The second-order valence-electron chi connectivity index (χ2n) is 7.40. The number of carbonyl (C=O) groups is 2. The second-order valence-corrected chi connectivity index (χ2v) is 8.92. The van der Waals surface area contributed by atoms with Crippen LogP contribution in [0.1, 0.15) is 24.0 Å². The summed E-state index contributed by atoms with van der Waals surface area (Å²) in [6.07, 6.45) is 4.11. The van der Waals surface area contributed by atoms with Gasteiger partial charge in [0.2, 0.25) is 5.91 Å². The molecule has 1 aromatic carbocycles. The predicted molar refractivity (Wildman–Crippen MR) is 114 cm³/mol. The van der Waals surface area contributed by atoms with Crippen LogP contribution in [0.4, 0.5) is 0 Å². The van der Waals surface area contributed by atoms with Gasteiger partial charge in [0, 0.05) is 23.6 Å². The van der Waals surface area contributed by atoms with Crippen molar-refractivity contribution in [3.63, 3.8) is 0 Å². The summed E-state index contributed by atoms with van der Waals surface area (Å²) in [5.74, 6) is 0.380. The number of benzene rings is 1. The first-order valence-corrected chi connectivity index (χ1v) is 11.0. The molecule has 0 radical (unpaired) electrons. The van der Waals surface area contributed by atoms with Crippen molar-refractivity contribution in [2.45, 2.75) is 31.3 Å². The maximum atomic E-state index is 13.0. The molecule has 1 aliphatic carbocycles. The molecule has 2 saturated heterocycles. The van der Waals surface area contributed by atoms with Gasteiger partial charge in [-0.1, -0.05) is 48.1 Å². The van der Waals surface area contributed by atoms with E-state index in [9.17, 15) is 14.9 Å². The minimum Gasteiger partial charge on any atom is -0.315 e. The van der Waals surface area contributed by atoms with Crippen molar-refractivity contribution < 1.29 is 9.59 Å². The van der Waals surface area contributed by atoms with E-state index in [1.165, 1.54) is 16.7 Å². The third-order valence-electron chi connectivity index (χ3n) is 5.63. The first kappa shape index (κ1) is 19.3. The Morgan fingerprint density at radius 1 is 1.36 bits per heavy atom. The van der Waals surface area contributed by atoms with Crippen molar-refractivity contribution in [3.8, 4) is 6.07 Å². The van der Waals surface area contributed by atoms with Crippen molar-refractivity contribution in [2.75, 3.05) is 18.2 Å². The molecule has 2 fully saturated rings. The Hall–Kier alpha value is -2.01. The molecular formula is C21H21N3O2S2. The highest BCUT2D eigenvalue weighted by molar-refractivity contribution is 7.99. The average Bonchev–Trinajstić information content (AvgIpc) is 3.42. The van der Waals surface area contributed by atoms with E-state index in [0.29, 0.717) is 35.9 Å². The fourth-order valence-electron chi connectivity index (χ4n) is 4.12. The first-order chi connectivity index (χ1) is 13.6. The van der Waals surface area contributed by atoms with E-state index in [1.54, 1.807) is 16.7 Å². The minimum atomic E-state index is -0.635. The molecule has 3 aliphatic rings. The van der Waals surface area contributed by atoms with Crippen LogP contribution in [0.15, 0.2) is 29.8 Å². The van der Waals surface area contributed by atoms with Crippen molar-refractivity contribution in [3.05, 3.63) is 41.0 Å². The second kappa shape index (κ2) is 8.16. The summed E-state index contributed by atoms with van der Waals surface area (Å²) in [4.78, 5) is 28.1. The van der Waals surface area contributed by atoms with Crippen molar-refractivity contribution >= 4 is 46.6 Å². The Labute approximate surface area is 174 Å². The average molecular weight is 412 g/mol. The molecule has 4 rings (SSSR count). The number of hydrogen-bond acceptors (Lipinski definition) is 6. The summed E-state index contributed by atoms with van der Waals surface area (Å²) in [6, 6.07) is 9.38. The fraction of sp³-hybridized carbons (Fsp3) is 0.429. The number of carbonyl (C=O) groups excluding carboxylic acids is 2. The van der Waals surface area contributed by atoms with Gasteiger partial charge in [0.25, 0.3) is 0 Å². The maximum Gasteiger partial charge on any atom is 0.242 e. The number of nitriles is 1. The van der Waals surface area contributed by atoms with Crippen molar-refractivity contribution in [1.29, 1.82) is 5.26 Å². The van der Waals surface area contributed by atoms with Crippen LogP contribution in [0.3, 0.4) is 0 Å². The summed E-state index contributed by atoms with van der Waals surface area (Å²) < 4.78 is 0. The van der Waals surface area contributed by atoms with Gasteiger partial charge in [0.1, 0.15) is 17.9 Å². The molecule has 1 unspecified atom stereocenters. The molecule has 7 heteroatoms. The van der Waals surface area contributed by atoms with Gasteiger partial charge in [-0.3, -0.25) is 9.59 Å². The number of nitrogens with one attached hydrogen (secondary N) is 1. The molecule has 0 saturated carbocycles. The van der Waals surface area contributed by atoms with E-state index in [-0.39, 0.29) is 11.7 Å². The lowest BCUT2D eigenvalue weighted by Crippen LogP contribution is -2.50. The molecule has 3 atom stereocenters. The van der Waals surface area contributed by atoms with Gasteiger partial charge in [-0.15, -0.1) is 11.8 Å². The smallest absolute Gasteiger partial charge is 0.242 e. The molecule has 1 amide bonds. The molecule has 1 aromatic rings. The van der Waals surface area contributed by atoms with E-state index in [1.807, 2.05) is 12.1 Å². The molecule has 144 valence electrons.